The zero-order valence-corrected chi connectivity index (χ0v) is 11.4. The Labute approximate surface area is 111 Å². The lowest BCUT2D eigenvalue weighted by Crippen LogP contribution is -2.42. The van der Waals surface area contributed by atoms with Crippen LogP contribution in [0.1, 0.15) is 50.1 Å². The van der Waals surface area contributed by atoms with Gasteiger partial charge in [0.05, 0.1) is 0 Å². The van der Waals surface area contributed by atoms with E-state index in [2.05, 4.69) is 20.5 Å². The normalized spacial score (nSPS) is 12.4. The molecule has 0 aliphatic carbocycles. The Morgan fingerprint density at radius 1 is 1.42 bits per heavy atom. The van der Waals surface area contributed by atoms with Crippen LogP contribution in [0, 0.1) is 5.92 Å². The van der Waals surface area contributed by atoms with Crippen LogP contribution in [0.2, 0.25) is 0 Å². The molecule has 0 bridgehead atoms. The van der Waals surface area contributed by atoms with Gasteiger partial charge in [0, 0.05) is 6.42 Å². The van der Waals surface area contributed by atoms with E-state index in [9.17, 15) is 9.59 Å². The molecule has 0 aliphatic heterocycles. The highest BCUT2D eigenvalue weighted by atomic mass is 16.4. The second-order valence-electron chi connectivity index (χ2n) is 4.85. The van der Waals surface area contributed by atoms with E-state index in [1.807, 2.05) is 20.8 Å². The van der Waals surface area contributed by atoms with E-state index in [0.717, 1.165) is 6.42 Å². The zero-order chi connectivity index (χ0) is 14.4. The number of aliphatic carboxylic acids is 1. The van der Waals surface area contributed by atoms with Crippen LogP contribution in [0.5, 0.6) is 0 Å². The van der Waals surface area contributed by atoms with Gasteiger partial charge in [-0.3, -0.25) is 9.89 Å². The number of hydrogen-bond donors (Lipinski definition) is 3. The number of carbonyl (C=O) groups is 2. The van der Waals surface area contributed by atoms with E-state index in [-0.39, 0.29) is 11.7 Å². The second-order valence-corrected chi connectivity index (χ2v) is 4.85. The predicted octanol–water partition coefficient (Wildman–Crippen LogP) is 0.986. The lowest BCUT2D eigenvalue weighted by atomic mass is 10.0. The smallest absolute Gasteiger partial charge is 0.326 e. The summed E-state index contributed by atoms with van der Waals surface area (Å²) >= 11 is 0. The number of rotatable bonds is 7. The lowest BCUT2D eigenvalue weighted by molar-refractivity contribution is -0.139. The van der Waals surface area contributed by atoms with Gasteiger partial charge in [-0.05, 0) is 18.8 Å². The summed E-state index contributed by atoms with van der Waals surface area (Å²) in [7, 11) is 0. The molecule has 3 N–H and O–H groups in total. The third kappa shape index (κ3) is 4.69. The van der Waals surface area contributed by atoms with E-state index in [4.69, 9.17) is 5.11 Å². The van der Waals surface area contributed by atoms with Gasteiger partial charge in [0.2, 0.25) is 5.82 Å². The van der Waals surface area contributed by atoms with E-state index in [0.29, 0.717) is 18.7 Å². The predicted molar refractivity (Wildman–Crippen MR) is 68.7 cm³/mol. The molecule has 0 unspecified atom stereocenters. The third-order valence-corrected chi connectivity index (χ3v) is 2.53. The molecule has 1 amide bonds. The van der Waals surface area contributed by atoms with Crippen molar-refractivity contribution in [2.24, 2.45) is 5.92 Å². The summed E-state index contributed by atoms with van der Waals surface area (Å²) in [5.41, 5.74) is 0. The Morgan fingerprint density at radius 3 is 2.63 bits per heavy atom. The molecule has 0 radical (unpaired) electrons. The van der Waals surface area contributed by atoms with Crippen molar-refractivity contribution in [3.8, 4) is 0 Å². The Balaban J connectivity index is 2.67. The summed E-state index contributed by atoms with van der Waals surface area (Å²) in [5.74, 6) is -0.830. The Morgan fingerprint density at radius 2 is 2.11 bits per heavy atom. The van der Waals surface area contributed by atoms with Crippen LogP contribution in [0.15, 0.2) is 0 Å². The first-order valence-electron chi connectivity index (χ1n) is 6.39. The van der Waals surface area contributed by atoms with Crippen molar-refractivity contribution in [2.75, 3.05) is 0 Å². The molecular formula is C12H20N4O3. The fourth-order valence-corrected chi connectivity index (χ4v) is 1.66. The summed E-state index contributed by atoms with van der Waals surface area (Å²) in [5, 5.41) is 17.9. The minimum Gasteiger partial charge on any atom is -0.480 e. The number of aryl methyl sites for hydroxylation is 1. The van der Waals surface area contributed by atoms with Gasteiger partial charge in [-0.25, -0.2) is 9.78 Å². The highest BCUT2D eigenvalue weighted by Crippen LogP contribution is 2.06. The number of nitrogens with zero attached hydrogens (tertiary/aromatic N) is 2. The average molecular weight is 268 g/mol. The van der Waals surface area contributed by atoms with E-state index >= 15 is 0 Å². The number of aromatic nitrogens is 3. The number of nitrogens with one attached hydrogen (secondary N) is 2. The molecule has 0 aromatic carbocycles. The van der Waals surface area contributed by atoms with Crippen LogP contribution in [-0.4, -0.2) is 38.2 Å². The van der Waals surface area contributed by atoms with Crippen LogP contribution in [0.25, 0.3) is 0 Å². The first-order chi connectivity index (χ1) is 8.93. The van der Waals surface area contributed by atoms with E-state index < -0.39 is 17.9 Å². The Hall–Kier alpha value is -1.92. The van der Waals surface area contributed by atoms with Gasteiger partial charge in [0.25, 0.3) is 5.91 Å². The number of amides is 1. The van der Waals surface area contributed by atoms with Crippen LogP contribution in [0.4, 0.5) is 0 Å². The van der Waals surface area contributed by atoms with Crippen LogP contribution in [-0.2, 0) is 11.2 Å². The second kappa shape index (κ2) is 6.86. The fourth-order valence-electron chi connectivity index (χ4n) is 1.66. The summed E-state index contributed by atoms with van der Waals surface area (Å²) < 4.78 is 0. The highest BCUT2D eigenvalue weighted by Gasteiger charge is 2.23. The number of carboxylic acids is 1. The van der Waals surface area contributed by atoms with Crippen molar-refractivity contribution >= 4 is 11.9 Å². The van der Waals surface area contributed by atoms with Gasteiger partial charge in [-0.2, -0.15) is 0 Å². The molecule has 106 valence electrons. The number of H-pyrrole nitrogens is 1. The molecule has 0 spiro atoms. The molecule has 0 fully saturated rings. The van der Waals surface area contributed by atoms with Gasteiger partial charge in [0.1, 0.15) is 11.9 Å². The topological polar surface area (TPSA) is 108 Å². The molecule has 1 rings (SSSR count). The molecule has 7 nitrogen and oxygen atoms in total. The maximum absolute atomic E-state index is 11.8. The van der Waals surface area contributed by atoms with Crippen molar-refractivity contribution in [3.05, 3.63) is 11.6 Å². The Kier molecular flexibility index (Phi) is 5.47. The standard InChI is InChI=1S/C12H20N4O3/c1-4-5-9-14-10(16-15-9)11(17)13-8(12(18)19)6-7(2)3/h7-8H,4-6H2,1-3H3,(H,13,17)(H,18,19)(H,14,15,16)/t8-/m1/s1. The average Bonchev–Trinajstić information content (AvgIpc) is 2.76. The quantitative estimate of drug-likeness (QED) is 0.683. The molecule has 0 saturated heterocycles. The van der Waals surface area contributed by atoms with E-state index in [1.165, 1.54) is 0 Å². The molecule has 0 aliphatic rings. The summed E-state index contributed by atoms with van der Waals surface area (Å²) in [4.78, 5) is 26.9. The Bertz CT molecular complexity index is 442. The van der Waals surface area contributed by atoms with Crippen molar-refractivity contribution in [1.82, 2.24) is 20.5 Å². The molecule has 7 heteroatoms. The summed E-state index contributed by atoms with van der Waals surface area (Å²) in [6.45, 7) is 5.79. The van der Waals surface area contributed by atoms with Crippen LogP contribution >= 0.6 is 0 Å². The largest absolute Gasteiger partial charge is 0.480 e. The molecule has 1 aromatic heterocycles. The maximum Gasteiger partial charge on any atom is 0.326 e. The van der Waals surface area contributed by atoms with Gasteiger partial charge in [0.15, 0.2) is 0 Å². The fraction of sp³-hybridized carbons (Fsp3) is 0.667. The van der Waals surface area contributed by atoms with Crippen LogP contribution < -0.4 is 5.32 Å². The number of carboxylic acid groups (broad SMARTS) is 1. The van der Waals surface area contributed by atoms with Gasteiger partial charge >= 0.3 is 5.97 Å². The number of aromatic amines is 1. The summed E-state index contributed by atoms with van der Waals surface area (Å²) in [6, 6.07) is -0.916. The molecular weight excluding hydrogens is 248 g/mol. The maximum atomic E-state index is 11.8. The summed E-state index contributed by atoms with van der Waals surface area (Å²) in [6.07, 6.45) is 1.96. The lowest BCUT2D eigenvalue weighted by Gasteiger charge is -2.15. The molecule has 1 atom stereocenters. The molecule has 19 heavy (non-hydrogen) atoms. The minimum absolute atomic E-state index is 0.0153. The van der Waals surface area contributed by atoms with Gasteiger partial charge in [-0.15, -0.1) is 5.10 Å². The van der Waals surface area contributed by atoms with Gasteiger partial charge < -0.3 is 10.4 Å². The molecule has 1 heterocycles. The van der Waals surface area contributed by atoms with Crippen molar-refractivity contribution < 1.29 is 14.7 Å². The van der Waals surface area contributed by atoms with Gasteiger partial charge in [-0.1, -0.05) is 20.8 Å². The molecule has 1 aromatic rings. The SMILES string of the molecule is CCCc1nc(C(=O)N[C@H](CC(C)C)C(=O)O)n[nH]1. The number of hydrogen-bond acceptors (Lipinski definition) is 4. The van der Waals surface area contributed by atoms with Crippen molar-refractivity contribution in [3.63, 3.8) is 0 Å². The van der Waals surface area contributed by atoms with Crippen molar-refractivity contribution in [1.29, 1.82) is 0 Å². The molecule has 0 saturated carbocycles. The van der Waals surface area contributed by atoms with E-state index in [1.54, 1.807) is 0 Å². The van der Waals surface area contributed by atoms with Crippen LogP contribution in [0.3, 0.4) is 0 Å². The highest BCUT2D eigenvalue weighted by molar-refractivity contribution is 5.93. The first-order valence-corrected chi connectivity index (χ1v) is 6.39. The third-order valence-electron chi connectivity index (χ3n) is 2.53. The number of carbonyl (C=O) groups excluding carboxylic acids is 1. The monoisotopic (exact) mass is 268 g/mol. The first kappa shape index (κ1) is 15.1. The van der Waals surface area contributed by atoms with Crippen molar-refractivity contribution in [2.45, 2.75) is 46.1 Å². The zero-order valence-electron chi connectivity index (χ0n) is 11.4. The minimum atomic E-state index is -1.05.